The zero-order valence-electron chi connectivity index (χ0n) is 13.3. The van der Waals surface area contributed by atoms with Crippen LogP contribution in [0.3, 0.4) is 0 Å². The molecule has 0 fully saturated rings. The van der Waals surface area contributed by atoms with Crippen molar-refractivity contribution in [1.82, 2.24) is 0 Å². The Kier molecular flexibility index (Phi) is 5.01. The molecule has 3 rings (SSSR count). The fraction of sp³-hybridized carbons (Fsp3) is 0.158. The van der Waals surface area contributed by atoms with Crippen molar-refractivity contribution >= 4 is 28.5 Å². The van der Waals surface area contributed by atoms with Gasteiger partial charge in [0, 0.05) is 11.6 Å². The predicted molar refractivity (Wildman–Crippen MR) is 97.5 cm³/mol. The van der Waals surface area contributed by atoms with E-state index >= 15 is 0 Å². The molecule has 3 aromatic carbocycles. The lowest BCUT2D eigenvalue weighted by atomic mass is 10.1. The van der Waals surface area contributed by atoms with Crippen molar-refractivity contribution in [3.05, 3.63) is 76.3 Å². The molecule has 122 valence electrons. The van der Waals surface area contributed by atoms with Crippen molar-refractivity contribution in [3.63, 3.8) is 0 Å². The van der Waals surface area contributed by atoms with Gasteiger partial charge in [0.15, 0.2) is 0 Å². The van der Waals surface area contributed by atoms with Crippen LogP contribution >= 0.6 is 12.0 Å². The Labute approximate surface area is 144 Å². The van der Waals surface area contributed by atoms with E-state index in [1.165, 1.54) is 18.1 Å². The zero-order chi connectivity index (χ0) is 16.9. The molecule has 0 N–H and O–H groups in total. The summed E-state index contributed by atoms with van der Waals surface area (Å²) in [5.41, 5.74) is 0.869. The maximum atomic E-state index is 11.3. The summed E-state index contributed by atoms with van der Waals surface area (Å²) in [6.45, 7) is 2.04. The number of nitro benzene ring substituents is 1. The van der Waals surface area contributed by atoms with E-state index in [1.807, 2.05) is 55.5 Å². The fourth-order valence-corrected chi connectivity index (χ4v) is 3.41. The number of rotatable bonds is 6. The zero-order valence-corrected chi connectivity index (χ0v) is 14.1. The third kappa shape index (κ3) is 3.36. The quantitative estimate of drug-likeness (QED) is 0.324. The van der Waals surface area contributed by atoms with Crippen molar-refractivity contribution in [2.24, 2.45) is 0 Å². The molecule has 0 saturated carbocycles. The van der Waals surface area contributed by atoms with Gasteiger partial charge in [-0.1, -0.05) is 61.9 Å². The highest BCUT2D eigenvalue weighted by Crippen LogP contribution is 2.37. The number of hydrogen-bond donors (Lipinski definition) is 0. The van der Waals surface area contributed by atoms with Gasteiger partial charge in [-0.05, 0) is 23.3 Å². The lowest BCUT2D eigenvalue weighted by molar-refractivity contribution is -0.385. The summed E-state index contributed by atoms with van der Waals surface area (Å²) in [7, 11) is 0. The number of para-hydroxylation sites is 1. The lowest BCUT2D eigenvalue weighted by Crippen LogP contribution is -1.97. The molecule has 0 unspecified atom stereocenters. The first-order valence-corrected chi connectivity index (χ1v) is 8.53. The fourth-order valence-electron chi connectivity index (χ4n) is 2.63. The van der Waals surface area contributed by atoms with Gasteiger partial charge in [-0.25, -0.2) is 0 Å². The van der Waals surface area contributed by atoms with E-state index < -0.39 is 4.92 Å². The van der Waals surface area contributed by atoms with E-state index in [1.54, 1.807) is 6.07 Å². The summed E-state index contributed by atoms with van der Waals surface area (Å²) >= 11 is 1.17. The molecular weight excluding hydrogens is 322 g/mol. The van der Waals surface area contributed by atoms with Crippen LogP contribution in [-0.2, 0) is 6.42 Å². The Bertz CT molecular complexity index is 874. The number of aryl methyl sites for hydroxylation is 1. The van der Waals surface area contributed by atoms with Gasteiger partial charge in [-0.2, -0.15) is 0 Å². The molecule has 0 amide bonds. The number of fused-ring (bicyclic) bond motifs is 1. The normalized spacial score (nSPS) is 10.7. The minimum Gasteiger partial charge on any atom is -0.413 e. The standard InChI is InChI=1S/C19H17NO3S/c1-2-7-15-10-5-12-17(20(21)22)19(15)23-24-18-13-6-9-14-8-3-4-11-16(14)18/h3-6,8-13H,2,7H2,1H3. The Morgan fingerprint density at radius 3 is 2.58 bits per heavy atom. The Morgan fingerprint density at radius 2 is 1.79 bits per heavy atom. The van der Waals surface area contributed by atoms with E-state index in [9.17, 15) is 10.1 Å². The first-order chi connectivity index (χ1) is 11.7. The number of benzene rings is 3. The maximum Gasteiger partial charge on any atom is 0.312 e. The molecule has 0 saturated heterocycles. The molecule has 24 heavy (non-hydrogen) atoms. The van der Waals surface area contributed by atoms with Gasteiger partial charge < -0.3 is 4.18 Å². The van der Waals surface area contributed by atoms with Crippen LogP contribution in [0.4, 0.5) is 5.69 Å². The molecule has 0 aromatic heterocycles. The molecule has 3 aromatic rings. The third-order valence-corrected chi connectivity index (χ3v) is 4.54. The van der Waals surface area contributed by atoms with E-state index in [0.717, 1.165) is 34.1 Å². The van der Waals surface area contributed by atoms with Crippen LogP contribution in [0, 0.1) is 10.1 Å². The largest absolute Gasteiger partial charge is 0.413 e. The van der Waals surface area contributed by atoms with Gasteiger partial charge in [-0.15, -0.1) is 0 Å². The highest BCUT2D eigenvalue weighted by Gasteiger charge is 2.20. The Balaban J connectivity index is 1.95. The molecular formula is C19H17NO3S. The van der Waals surface area contributed by atoms with Gasteiger partial charge in [0.2, 0.25) is 5.75 Å². The van der Waals surface area contributed by atoms with Crippen LogP contribution < -0.4 is 4.18 Å². The summed E-state index contributed by atoms with van der Waals surface area (Å²) in [5.74, 6) is 0.349. The first-order valence-electron chi connectivity index (χ1n) is 7.79. The van der Waals surface area contributed by atoms with Crippen LogP contribution in [0.25, 0.3) is 10.8 Å². The van der Waals surface area contributed by atoms with E-state index in [2.05, 4.69) is 0 Å². The summed E-state index contributed by atoms with van der Waals surface area (Å²) in [5, 5.41) is 13.5. The Morgan fingerprint density at radius 1 is 1.04 bits per heavy atom. The SMILES string of the molecule is CCCc1cccc([N+](=O)[O-])c1OSc1cccc2ccccc12. The van der Waals surface area contributed by atoms with Gasteiger partial charge in [0.25, 0.3) is 0 Å². The molecule has 0 bridgehead atoms. The van der Waals surface area contributed by atoms with Crippen molar-refractivity contribution < 1.29 is 9.11 Å². The average Bonchev–Trinajstić information content (AvgIpc) is 2.60. The minimum absolute atomic E-state index is 0.00804. The average molecular weight is 339 g/mol. The van der Waals surface area contributed by atoms with E-state index in [0.29, 0.717) is 5.75 Å². The second-order valence-corrected chi connectivity index (χ2v) is 6.19. The molecule has 0 spiro atoms. The van der Waals surface area contributed by atoms with E-state index in [-0.39, 0.29) is 5.69 Å². The van der Waals surface area contributed by atoms with Gasteiger partial charge in [0.1, 0.15) is 0 Å². The summed E-state index contributed by atoms with van der Waals surface area (Å²) in [4.78, 5) is 11.9. The Hall–Kier alpha value is -2.53. The van der Waals surface area contributed by atoms with Crippen molar-refractivity contribution in [1.29, 1.82) is 0 Å². The van der Waals surface area contributed by atoms with Crippen molar-refractivity contribution in [3.8, 4) is 5.75 Å². The molecule has 4 nitrogen and oxygen atoms in total. The smallest absolute Gasteiger partial charge is 0.312 e. The number of nitrogens with zero attached hydrogens (tertiary/aromatic N) is 1. The molecule has 5 heteroatoms. The van der Waals surface area contributed by atoms with Crippen LogP contribution in [0.15, 0.2) is 65.6 Å². The van der Waals surface area contributed by atoms with Gasteiger partial charge >= 0.3 is 5.69 Å². The highest BCUT2D eigenvalue weighted by atomic mass is 32.2. The minimum atomic E-state index is -0.391. The summed E-state index contributed by atoms with van der Waals surface area (Å²) in [6, 6.07) is 19.0. The van der Waals surface area contributed by atoms with Crippen LogP contribution in [-0.4, -0.2) is 4.92 Å². The molecule has 0 aliphatic heterocycles. The second kappa shape index (κ2) is 7.36. The van der Waals surface area contributed by atoms with E-state index in [4.69, 9.17) is 4.18 Å². The van der Waals surface area contributed by atoms with Crippen LogP contribution in [0.1, 0.15) is 18.9 Å². The molecule has 0 heterocycles. The predicted octanol–water partition coefficient (Wildman–Crippen LogP) is 5.79. The first kappa shape index (κ1) is 16.3. The second-order valence-electron chi connectivity index (χ2n) is 5.42. The topological polar surface area (TPSA) is 52.4 Å². The molecule has 0 atom stereocenters. The third-order valence-electron chi connectivity index (χ3n) is 3.76. The van der Waals surface area contributed by atoms with Crippen molar-refractivity contribution in [2.75, 3.05) is 0 Å². The van der Waals surface area contributed by atoms with Crippen LogP contribution in [0.5, 0.6) is 5.75 Å². The molecule has 0 aliphatic carbocycles. The maximum absolute atomic E-state index is 11.3. The molecule has 0 aliphatic rings. The monoisotopic (exact) mass is 339 g/mol. The van der Waals surface area contributed by atoms with Gasteiger partial charge in [-0.3, -0.25) is 10.1 Å². The van der Waals surface area contributed by atoms with Gasteiger partial charge in [0.05, 0.1) is 21.9 Å². The van der Waals surface area contributed by atoms with Crippen LogP contribution in [0.2, 0.25) is 0 Å². The lowest BCUT2D eigenvalue weighted by Gasteiger charge is -2.11. The number of nitro groups is 1. The number of hydrogen-bond acceptors (Lipinski definition) is 4. The summed E-state index contributed by atoms with van der Waals surface area (Å²) < 4.78 is 5.85. The molecule has 0 radical (unpaired) electrons. The van der Waals surface area contributed by atoms with Crippen molar-refractivity contribution in [2.45, 2.75) is 24.7 Å². The summed E-state index contributed by atoms with van der Waals surface area (Å²) in [6.07, 6.45) is 1.64. The highest BCUT2D eigenvalue weighted by molar-refractivity contribution is 7.95.